The summed E-state index contributed by atoms with van der Waals surface area (Å²) in [6.45, 7) is 5.11. The molecule has 2 aliphatic heterocycles. The van der Waals surface area contributed by atoms with Gasteiger partial charge in [0, 0.05) is 32.7 Å². The molecular formula is C19H30Cl2N4O2. The van der Waals surface area contributed by atoms with Gasteiger partial charge in [-0.1, -0.05) is 36.8 Å². The van der Waals surface area contributed by atoms with Gasteiger partial charge in [-0.2, -0.15) is 0 Å². The van der Waals surface area contributed by atoms with Crippen LogP contribution in [0.1, 0.15) is 24.8 Å². The van der Waals surface area contributed by atoms with Gasteiger partial charge in [-0.15, -0.1) is 24.8 Å². The van der Waals surface area contributed by atoms with Crippen molar-refractivity contribution < 1.29 is 9.59 Å². The van der Waals surface area contributed by atoms with E-state index in [0.717, 1.165) is 58.5 Å². The van der Waals surface area contributed by atoms with Crippen molar-refractivity contribution in [1.29, 1.82) is 0 Å². The van der Waals surface area contributed by atoms with Gasteiger partial charge >= 0.3 is 0 Å². The third kappa shape index (κ3) is 7.30. The summed E-state index contributed by atoms with van der Waals surface area (Å²) in [7, 11) is 0. The minimum absolute atomic E-state index is 0. The lowest BCUT2D eigenvalue weighted by molar-refractivity contribution is -0.134. The SMILES string of the molecule is Cl.Cl.O=C(NCC(=O)N1CCN(Cc2ccccc2)CC1)[C@H]1CCCCN1. The summed E-state index contributed by atoms with van der Waals surface area (Å²) in [6, 6.07) is 10.3. The van der Waals surface area contributed by atoms with Crippen molar-refractivity contribution in [1.82, 2.24) is 20.4 Å². The Morgan fingerprint density at radius 2 is 1.74 bits per heavy atom. The molecule has 2 N–H and O–H groups in total. The van der Waals surface area contributed by atoms with Gasteiger partial charge < -0.3 is 15.5 Å². The van der Waals surface area contributed by atoms with Crippen molar-refractivity contribution in [3.8, 4) is 0 Å². The second-order valence-electron chi connectivity index (χ2n) is 6.86. The lowest BCUT2D eigenvalue weighted by Gasteiger charge is -2.35. The third-order valence-corrected chi connectivity index (χ3v) is 5.01. The first-order valence-corrected chi connectivity index (χ1v) is 9.27. The largest absolute Gasteiger partial charge is 0.346 e. The highest BCUT2D eigenvalue weighted by Crippen LogP contribution is 2.09. The maximum atomic E-state index is 12.3. The Morgan fingerprint density at radius 3 is 2.37 bits per heavy atom. The second-order valence-corrected chi connectivity index (χ2v) is 6.86. The van der Waals surface area contributed by atoms with E-state index in [2.05, 4.69) is 39.8 Å². The number of benzene rings is 1. The first kappa shape index (κ1) is 23.7. The number of nitrogens with one attached hydrogen (secondary N) is 2. The number of carbonyl (C=O) groups excluding carboxylic acids is 2. The van der Waals surface area contributed by atoms with Crippen LogP contribution in [-0.2, 0) is 16.1 Å². The molecule has 1 atom stereocenters. The lowest BCUT2D eigenvalue weighted by Crippen LogP contribution is -2.53. The zero-order valence-electron chi connectivity index (χ0n) is 15.6. The molecule has 2 heterocycles. The molecule has 0 saturated carbocycles. The topological polar surface area (TPSA) is 64.7 Å². The van der Waals surface area contributed by atoms with Gasteiger partial charge in [-0.05, 0) is 24.9 Å². The Bertz CT molecular complexity index is 574. The smallest absolute Gasteiger partial charge is 0.242 e. The fourth-order valence-corrected chi connectivity index (χ4v) is 3.47. The number of nitrogens with zero attached hydrogens (tertiary/aromatic N) is 2. The summed E-state index contributed by atoms with van der Waals surface area (Å²) in [5, 5.41) is 6.00. The summed E-state index contributed by atoms with van der Waals surface area (Å²) in [6.07, 6.45) is 3.05. The van der Waals surface area contributed by atoms with Gasteiger partial charge in [-0.25, -0.2) is 0 Å². The van der Waals surface area contributed by atoms with E-state index in [1.807, 2.05) is 11.0 Å². The van der Waals surface area contributed by atoms with Crippen molar-refractivity contribution in [3.63, 3.8) is 0 Å². The highest BCUT2D eigenvalue weighted by atomic mass is 35.5. The van der Waals surface area contributed by atoms with E-state index in [4.69, 9.17) is 0 Å². The average Bonchev–Trinajstić information content (AvgIpc) is 2.68. The summed E-state index contributed by atoms with van der Waals surface area (Å²) in [5.41, 5.74) is 1.30. The number of piperidine rings is 1. The van der Waals surface area contributed by atoms with Crippen molar-refractivity contribution in [2.75, 3.05) is 39.3 Å². The van der Waals surface area contributed by atoms with Crippen molar-refractivity contribution in [3.05, 3.63) is 35.9 Å². The Kier molecular flexibility index (Phi) is 10.7. The number of hydrogen-bond donors (Lipinski definition) is 2. The standard InChI is InChI=1S/C19H28N4O2.2ClH/c24-18(14-21-19(25)17-8-4-5-9-20-17)23-12-10-22(11-13-23)15-16-6-2-1-3-7-16;;/h1-3,6-7,17,20H,4-5,8-15H2,(H,21,25);2*1H/t17-;;/m1../s1. The van der Waals surface area contributed by atoms with Crippen molar-refractivity contribution in [2.24, 2.45) is 0 Å². The van der Waals surface area contributed by atoms with E-state index in [1.165, 1.54) is 5.56 Å². The predicted molar refractivity (Wildman–Crippen MR) is 111 cm³/mol. The molecule has 1 aromatic carbocycles. The van der Waals surface area contributed by atoms with Gasteiger partial charge in [0.15, 0.2) is 0 Å². The molecule has 2 saturated heterocycles. The van der Waals surface area contributed by atoms with Crippen LogP contribution in [0.3, 0.4) is 0 Å². The molecule has 1 aromatic rings. The van der Waals surface area contributed by atoms with Gasteiger partial charge in [-0.3, -0.25) is 14.5 Å². The predicted octanol–water partition coefficient (Wildman–Crippen LogP) is 1.43. The van der Waals surface area contributed by atoms with Crippen LogP contribution in [-0.4, -0.2) is 66.9 Å². The molecule has 3 rings (SSSR count). The molecule has 0 unspecified atom stereocenters. The lowest BCUT2D eigenvalue weighted by atomic mass is 10.0. The molecule has 0 bridgehead atoms. The van der Waals surface area contributed by atoms with Crippen LogP contribution >= 0.6 is 24.8 Å². The minimum Gasteiger partial charge on any atom is -0.346 e. The van der Waals surface area contributed by atoms with E-state index in [9.17, 15) is 9.59 Å². The zero-order valence-corrected chi connectivity index (χ0v) is 17.2. The Balaban J connectivity index is 0.00000182. The monoisotopic (exact) mass is 416 g/mol. The van der Waals surface area contributed by atoms with E-state index in [-0.39, 0.29) is 49.2 Å². The molecule has 2 aliphatic rings. The number of piperazine rings is 1. The van der Waals surface area contributed by atoms with Crippen molar-refractivity contribution >= 4 is 36.6 Å². The van der Waals surface area contributed by atoms with Crippen LogP contribution < -0.4 is 10.6 Å². The van der Waals surface area contributed by atoms with Gasteiger partial charge in [0.2, 0.25) is 11.8 Å². The minimum atomic E-state index is -0.135. The number of rotatable bonds is 5. The highest BCUT2D eigenvalue weighted by Gasteiger charge is 2.24. The Hall–Kier alpha value is -1.34. The van der Waals surface area contributed by atoms with E-state index < -0.39 is 0 Å². The van der Waals surface area contributed by atoms with Gasteiger partial charge in [0.05, 0.1) is 12.6 Å². The maximum absolute atomic E-state index is 12.3. The molecule has 2 fully saturated rings. The van der Waals surface area contributed by atoms with Crippen LogP contribution in [0.25, 0.3) is 0 Å². The van der Waals surface area contributed by atoms with E-state index in [0.29, 0.717) is 0 Å². The first-order valence-electron chi connectivity index (χ1n) is 9.27. The zero-order chi connectivity index (χ0) is 17.5. The number of amides is 2. The Morgan fingerprint density at radius 1 is 1.04 bits per heavy atom. The van der Waals surface area contributed by atoms with Crippen LogP contribution in [0.5, 0.6) is 0 Å². The molecule has 0 radical (unpaired) electrons. The number of halogens is 2. The van der Waals surface area contributed by atoms with Crippen LogP contribution in [0.4, 0.5) is 0 Å². The third-order valence-electron chi connectivity index (χ3n) is 5.01. The molecule has 27 heavy (non-hydrogen) atoms. The summed E-state index contributed by atoms with van der Waals surface area (Å²) in [5.74, 6) is -0.0284. The molecule has 2 amide bonds. The maximum Gasteiger partial charge on any atom is 0.242 e. The van der Waals surface area contributed by atoms with Crippen molar-refractivity contribution in [2.45, 2.75) is 31.8 Å². The van der Waals surface area contributed by atoms with Gasteiger partial charge in [0.1, 0.15) is 0 Å². The quantitative estimate of drug-likeness (QED) is 0.761. The summed E-state index contributed by atoms with van der Waals surface area (Å²) in [4.78, 5) is 28.6. The summed E-state index contributed by atoms with van der Waals surface area (Å²) >= 11 is 0. The fourth-order valence-electron chi connectivity index (χ4n) is 3.47. The first-order chi connectivity index (χ1) is 12.2. The molecule has 8 heteroatoms. The molecule has 0 aliphatic carbocycles. The Labute approximate surface area is 173 Å². The average molecular weight is 417 g/mol. The highest BCUT2D eigenvalue weighted by molar-refractivity contribution is 5.87. The molecule has 0 spiro atoms. The fraction of sp³-hybridized carbons (Fsp3) is 0.579. The molecular weight excluding hydrogens is 387 g/mol. The number of hydrogen-bond acceptors (Lipinski definition) is 4. The van der Waals surface area contributed by atoms with Crippen LogP contribution in [0.15, 0.2) is 30.3 Å². The second kappa shape index (κ2) is 12.2. The van der Waals surface area contributed by atoms with Crippen LogP contribution in [0, 0.1) is 0 Å². The number of carbonyl (C=O) groups is 2. The summed E-state index contributed by atoms with van der Waals surface area (Å²) < 4.78 is 0. The molecule has 6 nitrogen and oxygen atoms in total. The van der Waals surface area contributed by atoms with E-state index >= 15 is 0 Å². The molecule has 0 aromatic heterocycles. The van der Waals surface area contributed by atoms with E-state index in [1.54, 1.807) is 0 Å². The van der Waals surface area contributed by atoms with Gasteiger partial charge in [0.25, 0.3) is 0 Å². The molecule has 152 valence electrons. The normalized spacial score (nSPS) is 20.1. The van der Waals surface area contributed by atoms with Crippen LogP contribution in [0.2, 0.25) is 0 Å².